The topological polar surface area (TPSA) is 81.8 Å². The Kier molecular flexibility index (Phi) is 6.44. The first-order valence-corrected chi connectivity index (χ1v) is 11.2. The molecule has 0 saturated carbocycles. The van der Waals surface area contributed by atoms with E-state index in [4.69, 9.17) is 0 Å². The lowest BCUT2D eigenvalue weighted by atomic mass is 10.1. The lowest BCUT2D eigenvalue weighted by Gasteiger charge is -2.31. The van der Waals surface area contributed by atoms with Crippen molar-refractivity contribution < 1.29 is 13.2 Å². The number of hydrogen-bond acceptors (Lipinski definition) is 5. The number of aryl methyl sites for hydroxylation is 1. The number of anilines is 2. The van der Waals surface area contributed by atoms with Crippen LogP contribution in [0, 0.1) is 0 Å². The molecule has 1 aliphatic rings. The van der Waals surface area contributed by atoms with Crippen molar-refractivity contribution in [1.82, 2.24) is 10.2 Å². The predicted molar refractivity (Wildman–Crippen MR) is 116 cm³/mol. The van der Waals surface area contributed by atoms with Crippen molar-refractivity contribution in [2.75, 3.05) is 49.9 Å². The minimum absolute atomic E-state index is 0.176. The number of hydrogen-bond donors (Lipinski definition) is 2. The van der Waals surface area contributed by atoms with Crippen LogP contribution < -0.4 is 14.9 Å². The van der Waals surface area contributed by atoms with Gasteiger partial charge in [-0.25, -0.2) is 8.42 Å². The van der Waals surface area contributed by atoms with Crippen molar-refractivity contribution in [1.29, 1.82) is 0 Å². The molecule has 0 aliphatic carbocycles. The molecule has 8 heteroatoms. The van der Waals surface area contributed by atoms with Gasteiger partial charge in [0.15, 0.2) is 0 Å². The van der Waals surface area contributed by atoms with Crippen LogP contribution in [0.3, 0.4) is 0 Å². The van der Waals surface area contributed by atoms with Crippen LogP contribution in [-0.4, -0.2) is 59.5 Å². The SMILES string of the molecule is CCc1ccc(S(=O)(=O)Nc2cc(C(=O)N(C)C)ccc2N2CCNCC2)cc1. The molecular weight excluding hydrogens is 388 g/mol. The normalized spacial score (nSPS) is 14.5. The highest BCUT2D eigenvalue weighted by molar-refractivity contribution is 7.92. The zero-order valence-corrected chi connectivity index (χ0v) is 17.9. The molecule has 0 radical (unpaired) electrons. The highest BCUT2D eigenvalue weighted by atomic mass is 32.2. The molecular formula is C21H28N4O3S. The van der Waals surface area contributed by atoms with Crippen LogP contribution in [0.1, 0.15) is 22.8 Å². The highest BCUT2D eigenvalue weighted by Crippen LogP contribution is 2.30. The van der Waals surface area contributed by atoms with Gasteiger partial charge >= 0.3 is 0 Å². The van der Waals surface area contributed by atoms with Gasteiger partial charge in [0.1, 0.15) is 0 Å². The van der Waals surface area contributed by atoms with Crippen molar-refractivity contribution in [3.63, 3.8) is 0 Å². The fraction of sp³-hybridized carbons (Fsp3) is 0.381. The number of rotatable bonds is 6. The fourth-order valence-corrected chi connectivity index (χ4v) is 4.36. The summed E-state index contributed by atoms with van der Waals surface area (Å²) in [6.07, 6.45) is 0.843. The first-order chi connectivity index (χ1) is 13.8. The van der Waals surface area contributed by atoms with E-state index in [9.17, 15) is 13.2 Å². The zero-order valence-electron chi connectivity index (χ0n) is 17.1. The third-order valence-corrected chi connectivity index (χ3v) is 6.38. The summed E-state index contributed by atoms with van der Waals surface area (Å²) in [6.45, 7) is 5.20. The van der Waals surface area contributed by atoms with Gasteiger partial charge in [-0.3, -0.25) is 9.52 Å². The molecule has 1 heterocycles. The van der Waals surface area contributed by atoms with E-state index < -0.39 is 10.0 Å². The van der Waals surface area contributed by atoms with Crippen LogP contribution in [0.4, 0.5) is 11.4 Å². The minimum Gasteiger partial charge on any atom is -0.367 e. The molecule has 2 aromatic rings. The van der Waals surface area contributed by atoms with Gasteiger partial charge in [0.05, 0.1) is 16.3 Å². The van der Waals surface area contributed by atoms with E-state index in [0.29, 0.717) is 11.3 Å². The number of carbonyl (C=O) groups is 1. The van der Waals surface area contributed by atoms with Gasteiger partial charge in [-0.2, -0.15) is 0 Å². The second kappa shape index (κ2) is 8.84. The number of amides is 1. The van der Waals surface area contributed by atoms with E-state index in [0.717, 1.165) is 43.9 Å². The van der Waals surface area contributed by atoms with E-state index in [-0.39, 0.29) is 10.8 Å². The van der Waals surface area contributed by atoms with Crippen molar-refractivity contribution in [2.24, 2.45) is 0 Å². The van der Waals surface area contributed by atoms with Crippen LogP contribution in [-0.2, 0) is 16.4 Å². The Morgan fingerprint density at radius 2 is 1.76 bits per heavy atom. The number of piperazine rings is 1. The van der Waals surface area contributed by atoms with Gasteiger partial charge in [0.25, 0.3) is 15.9 Å². The van der Waals surface area contributed by atoms with Gasteiger partial charge < -0.3 is 15.1 Å². The molecule has 0 bridgehead atoms. The second-order valence-electron chi connectivity index (χ2n) is 7.27. The molecule has 156 valence electrons. The molecule has 0 spiro atoms. The lowest BCUT2D eigenvalue weighted by molar-refractivity contribution is 0.0827. The molecule has 7 nitrogen and oxygen atoms in total. The van der Waals surface area contributed by atoms with Crippen molar-refractivity contribution in [3.8, 4) is 0 Å². The number of carbonyl (C=O) groups excluding carboxylic acids is 1. The Balaban J connectivity index is 1.99. The van der Waals surface area contributed by atoms with Gasteiger partial charge in [0, 0.05) is 45.8 Å². The number of sulfonamides is 1. The maximum Gasteiger partial charge on any atom is 0.261 e. The quantitative estimate of drug-likeness (QED) is 0.754. The van der Waals surface area contributed by atoms with Gasteiger partial charge in [-0.1, -0.05) is 19.1 Å². The maximum absolute atomic E-state index is 13.0. The second-order valence-corrected chi connectivity index (χ2v) is 8.95. The van der Waals surface area contributed by atoms with E-state index in [1.807, 2.05) is 25.1 Å². The predicted octanol–water partition coefficient (Wildman–Crippen LogP) is 2.16. The van der Waals surface area contributed by atoms with Crippen molar-refractivity contribution in [2.45, 2.75) is 18.2 Å². The molecule has 1 amide bonds. The average molecular weight is 417 g/mol. The van der Waals surface area contributed by atoms with Crippen LogP contribution in [0.2, 0.25) is 0 Å². The Labute approximate surface area is 172 Å². The summed E-state index contributed by atoms with van der Waals surface area (Å²) in [4.78, 5) is 16.2. The molecule has 3 rings (SSSR count). The molecule has 2 N–H and O–H groups in total. The Morgan fingerprint density at radius 1 is 1.10 bits per heavy atom. The van der Waals surface area contributed by atoms with Gasteiger partial charge in [0.2, 0.25) is 0 Å². The summed E-state index contributed by atoms with van der Waals surface area (Å²) in [7, 11) is -0.435. The first-order valence-electron chi connectivity index (χ1n) is 9.75. The summed E-state index contributed by atoms with van der Waals surface area (Å²) in [5.41, 5.74) is 2.70. The molecule has 1 saturated heterocycles. The monoisotopic (exact) mass is 416 g/mol. The van der Waals surface area contributed by atoms with E-state index in [1.54, 1.807) is 38.4 Å². The minimum atomic E-state index is -3.78. The standard InChI is InChI=1S/C21H28N4O3S/c1-4-16-5-8-18(9-6-16)29(27,28)23-19-15-17(21(26)24(2)3)7-10-20(19)25-13-11-22-12-14-25/h5-10,15,22-23H,4,11-14H2,1-3H3. The van der Waals surface area contributed by atoms with Crippen LogP contribution in [0.5, 0.6) is 0 Å². The van der Waals surface area contributed by atoms with Crippen molar-refractivity contribution >= 4 is 27.3 Å². The highest BCUT2D eigenvalue weighted by Gasteiger charge is 2.21. The third kappa shape index (κ3) is 4.89. The summed E-state index contributed by atoms with van der Waals surface area (Å²) < 4.78 is 28.7. The van der Waals surface area contributed by atoms with Crippen LogP contribution >= 0.6 is 0 Å². The smallest absolute Gasteiger partial charge is 0.261 e. The molecule has 0 unspecified atom stereocenters. The zero-order chi connectivity index (χ0) is 21.0. The average Bonchev–Trinajstić information content (AvgIpc) is 2.73. The number of nitrogens with zero attached hydrogens (tertiary/aromatic N) is 2. The summed E-state index contributed by atoms with van der Waals surface area (Å²) >= 11 is 0. The molecule has 2 aromatic carbocycles. The van der Waals surface area contributed by atoms with E-state index in [2.05, 4.69) is 14.9 Å². The molecule has 0 aromatic heterocycles. The molecule has 29 heavy (non-hydrogen) atoms. The number of benzene rings is 2. The maximum atomic E-state index is 13.0. The fourth-order valence-electron chi connectivity index (χ4n) is 3.30. The van der Waals surface area contributed by atoms with Crippen molar-refractivity contribution in [3.05, 3.63) is 53.6 Å². The van der Waals surface area contributed by atoms with Gasteiger partial charge in [-0.05, 0) is 42.3 Å². The lowest BCUT2D eigenvalue weighted by Crippen LogP contribution is -2.43. The Morgan fingerprint density at radius 3 is 2.34 bits per heavy atom. The molecule has 0 atom stereocenters. The largest absolute Gasteiger partial charge is 0.367 e. The van der Waals surface area contributed by atoms with Gasteiger partial charge in [-0.15, -0.1) is 0 Å². The Bertz CT molecular complexity index is 966. The summed E-state index contributed by atoms with van der Waals surface area (Å²) in [5.74, 6) is -0.176. The van der Waals surface area contributed by atoms with Crippen LogP contribution in [0.15, 0.2) is 47.4 Å². The first kappa shape index (κ1) is 21.1. The summed E-state index contributed by atoms with van der Waals surface area (Å²) in [6, 6.07) is 12.0. The van der Waals surface area contributed by atoms with E-state index in [1.165, 1.54) is 4.90 Å². The summed E-state index contributed by atoms with van der Waals surface area (Å²) in [5, 5.41) is 3.29. The number of nitrogens with one attached hydrogen (secondary N) is 2. The molecule has 1 fully saturated rings. The van der Waals surface area contributed by atoms with E-state index >= 15 is 0 Å². The molecule has 1 aliphatic heterocycles. The third-order valence-electron chi connectivity index (χ3n) is 4.99. The Hall–Kier alpha value is -2.58. The van der Waals surface area contributed by atoms with Crippen LogP contribution in [0.25, 0.3) is 0 Å².